The van der Waals surface area contributed by atoms with Gasteiger partial charge in [-0.1, -0.05) is 97.4 Å². The number of benzene rings is 2. The minimum atomic E-state index is -1.14. The average Bonchev–Trinajstić information content (AvgIpc) is 3.74. The summed E-state index contributed by atoms with van der Waals surface area (Å²) in [5, 5.41) is 18.9. The van der Waals surface area contributed by atoms with Crippen LogP contribution in [0.4, 0.5) is 5.69 Å². The number of nitrogens with zero attached hydrogens (tertiary/aromatic N) is 3. The molecule has 1 saturated heterocycles. The van der Waals surface area contributed by atoms with Crippen molar-refractivity contribution in [3.8, 4) is 0 Å². The molecule has 14 heteroatoms. The minimum absolute atomic E-state index is 0.0187. The van der Waals surface area contributed by atoms with Gasteiger partial charge in [0.1, 0.15) is 12.1 Å². The number of carboxylic acid groups (broad SMARTS) is 1. The fourth-order valence-corrected chi connectivity index (χ4v) is 8.93. The first kappa shape index (κ1) is 51.8. The highest BCUT2D eigenvalue weighted by Gasteiger charge is 2.43. The molecule has 0 radical (unpaired) electrons. The Balaban J connectivity index is 1.76. The molecule has 0 spiro atoms. The van der Waals surface area contributed by atoms with E-state index in [4.69, 9.17) is 9.47 Å². The van der Waals surface area contributed by atoms with E-state index in [1.807, 2.05) is 98.1 Å². The molecule has 4 amide bonds. The number of carbonyl (C=O) groups is 5. The summed E-state index contributed by atoms with van der Waals surface area (Å²) in [7, 11) is 8.61. The van der Waals surface area contributed by atoms with Crippen molar-refractivity contribution >= 4 is 35.3 Å². The summed E-state index contributed by atoms with van der Waals surface area (Å²) in [4.78, 5) is 74.2. The Bertz CT molecular complexity index is 1730. The summed E-state index contributed by atoms with van der Waals surface area (Å²) in [6, 6.07) is 14.0. The number of carboxylic acids is 1. The molecule has 2 aromatic carbocycles. The number of amides is 4. The van der Waals surface area contributed by atoms with Gasteiger partial charge in [-0.15, -0.1) is 0 Å². The Morgan fingerprint density at radius 2 is 1.50 bits per heavy atom. The van der Waals surface area contributed by atoms with Crippen molar-refractivity contribution in [2.45, 2.75) is 129 Å². The van der Waals surface area contributed by atoms with Gasteiger partial charge in [0.2, 0.25) is 23.6 Å². The molecule has 14 nitrogen and oxygen atoms in total. The zero-order valence-corrected chi connectivity index (χ0v) is 39.4. The molecule has 4 N–H and O–H groups in total. The van der Waals surface area contributed by atoms with E-state index in [1.165, 1.54) is 12.7 Å². The maximum Gasteiger partial charge on any atom is 0.326 e. The van der Waals surface area contributed by atoms with Gasteiger partial charge in [-0.05, 0) is 67.3 Å². The van der Waals surface area contributed by atoms with Gasteiger partial charge in [0, 0.05) is 53.5 Å². The number of rotatable bonds is 25. The average molecular weight is 865 g/mol. The van der Waals surface area contributed by atoms with Crippen molar-refractivity contribution in [3.05, 3.63) is 65.7 Å². The van der Waals surface area contributed by atoms with E-state index in [2.05, 4.69) is 33.0 Å². The molecule has 1 aliphatic rings. The monoisotopic (exact) mass is 865 g/mol. The normalized spacial score (nSPS) is 18.0. The van der Waals surface area contributed by atoms with Gasteiger partial charge in [-0.25, -0.2) is 4.79 Å². The quantitative estimate of drug-likeness (QED) is 0.105. The van der Waals surface area contributed by atoms with Crippen LogP contribution >= 0.6 is 0 Å². The second-order valence-corrected chi connectivity index (χ2v) is 17.8. The van der Waals surface area contributed by atoms with Gasteiger partial charge in [0.25, 0.3) is 0 Å². The lowest BCUT2D eigenvalue weighted by Crippen LogP contribution is -2.60. The van der Waals surface area contributed by atoms with Crippen LogP contribution in [0.15, 0.2) is 54.6 Å². The van der Waals surface area contributed by atoms with Crippen LogP contribution in [0.3, 0.4) is 0 Å². The van der Waals surface area contributed by atoms with Crippen LogP contribution in [0.1, 0.15) is 85.3 Å². The summed E-state index contributed by atoms with van der Waals surface area (Å²) in [5.41, 5.74) is 2.98. The number of hydrogen-bond donors (Lipinski definition) is 4. The number of likely N-dealkylation sites (tertiary alicyclic amines) is 1. The standard InChI is InChI=1S/C48H76N6O8/c1-13-32(6)43(53(10)47(58)41(30(2)3)51-46(57)42(31(4)5)52(9)27-25-34-21-23-36(49-8)24-22-34)39(61-11)29-40(55)54-26-17-20-38(54)44(62-12)33(7)45(56)50-37(48(59)60)28-35-18-15-14-16-19-35/h14-16,18-19,21-24,30-33,37-39,41-44,49H,13,17,20,25-29H2,1-12H3,(H,50,56)(H,51,57)(H,59,60)/t32-,33+,37-,38-,39+,41-,42-,43-,44?/m0/s1. The molecule has 3 rings (SSSR count). The Morgan fingerprint density at radius 1 is 0.855 bits per heavy atom. The molecule has 62 heavy (non-hydrogen) atoms. The van der Waals surface area contributed by atoms with Gasteiger partial charge in [-0.3, -0.25) is 24.1 Å². The molecule has 2 aromatic rings. The van der Waals surface area contributed by atoms with E-state index < -0.39 is 60.2 Å². The molecule has 1 aliphatic heterocycles. The number of aliphatic carboxylic acids is 1. The largest absolute Gasteiger partial charge is 0.480 e. The SMILES string of the molecule is CC[C@H](C)[C@@H]([C@@H](CC(=O)N1CCC[C@H]1C(OC)[C@@H](C)C(=O)N[C@@H](Cc1ccccc1)C(=O)O)OC)N(C)C(=O)[C@@H](NC(=O)[C@H](C(C)C)N(C)CCc1ccc(NC)cc1)C(C)C. The smallest absolute Gasteiger partial charge is 0.326 e. The highest BCUT2D eigenvalue weighted by atomic mass is 16.5. The van der Waals surface area contributed by atoms with E-state index in [9.17, 15) is 29.1 Å². The second-order valence-electron chi connectivity index (χ2n) is 17.8. The molecule has 1 unspecified atom stereocenters. The summed E-state index contributed by atoms with van der Waals surface area (Å²) in [5.74, 6) is -3.34. The number of hydrogen-bond acceptors (Lipinski definition) is 9. The predicted octanol–water partition coefficient (Wildman–Crippen LogP) is 5.10. The third-order valence-corrected chi connectivity index (χ3v) is 12.8. The van der Waals surface area contributed by atoms with Gasteiger partial charge >= 0.3 is 5.97 Å². The van der Waals surface area contributed by atoms with Crippen LogP contribution in [-0.2, 0) is 46.3 Å². The van der Waals surface area contributed by atoms with Crippen LogP contribution in [0.5, 0.6) is 0 Å². The molecule has 0 aliphatic carbocycles. The van der Waals surface area contributed by atoms with Crippen molar-refractivity contribution in [1.29, 1.82) is 0 Å². The summed E-state index contributed by atoms with van der Waals surface area (Å²) >= 11 is 0. The first-order valence-corrected chi connectivity index (χ1v) is 22.4. The van der Waals surface area contributed by atoms with Crippen LogP contribution in [0, 0.1) is 23.7 Å². The zero-order chi connectivity index (χ0) is 46.3. The number of anilines is 1. The van der Waals surface area contributed by atoms with Crippen molar-refractivity contribution in [2.75, 3.05) is 53.8 Å². The van der Waals surface area contributed by atoms with Crippen LogP contribution in [0.2, 0.25) is 0 Å². The Kier molecular flexibility index (Phi) is 20.8. The highest BCUT2D eigenvalue weighted by molar-refractivity contribution is 5.90. The van der Waals surface area contributed by atoms with Crippen molar-refractivity contribution in [2.24, 2.45) is 23.7 Å². The zero-order valence-electron chi connectivity index (χ0n) is 39.4. The first-order chi connectivity index (χ1) is 29.4. The molecular weight excluding hydrogens is 789 g/mol. The van der Waals surface area contributed by atoms with Crippen LogP contribution in [-0.4, -0.2) is 140 Å². The minimum Gasteiger partial charge on any atom is -0.480 e. The van der Waals surface area contributed by atoms with E-state index in [0.29, 0.717) is 32.4 Å². The summed E-state index contributed by atoms with van der Waals surface area (Å²) in [6.07, 6.45) is 1.51. The van der Waals surface area contributed by atoms with E-state index in [-0.39, 0.29) is 48.3 Å². The van der Waals surface area contributed by atoms with E-state index in [0.717, 1.165) is 17.7 Å². The van der Waals surface area contributed by atoms with Gasteiger partial charge in [0.15, 0.2) is 0 Å². The van der Waals surface area contributed by atoms with Crippen molar-refractivity contribution in [1.82, 2.24) is 25.3 Å². The molecule has 9 atom stereocenters. The highest BCUT2D eigenvalue weighted by Crippen LogP contribution is 2.30. The topological polar surface area (TPSA) is 170 Å². The predicted molar refractivity (Wildman–Crippen MR) is 244 cm³/mol. The summed E-state index contributed by atoms with van der Waals surface area (Å²) < 4.78 is 12.0. The fraction of sp³-hybridized carbons (Fsp3) is 0.646. The van der Waals surface area contributed by atoms with Crippen LogP contribution in [0.25, 0.3) is 0 Å². The Morgan fingerprint density at radius 3 is 2.03 bits per heavy atom. The second kappa shape index (κ2) is 24.9. The molecule has 346 valence electrons. The molecule has 0 aromatic heterocycles. The third kappa shape index (κ3) is 14.0. The summed E-state index contributed by atoms with van der Waals surface area (Å²) in [6.45, 7) is 14.7. The third-order valence-electron chi connectivity index (χ3n) is 12.8. The van der Waals surface area contributed by atoms with Crippen molar-refractivity contribution in [3.63, 3.8) is 0 Å². The van der Waals surface area contributed by atoms with Gasteiger partial charge in [-0.2, -0.15) is 0 Å². The first-order valence-electron chi connectivity index (χ1n) is 22.4. The molecule has 0 saturated carbocycles. The number of methoxy groups -OCH3 is 2. The van der Waals surface area contributed by atoms with Crippen LogP contribution < -0.4 is 16.0 Å². The lowest BCUT2D eigenvalue weighted by Gasteiger charge is -2.41. The molecule has 0 bridgehead atoms. The maximum atomic E-state index is 14.6. The molecule has 1 fully saturated rings. The maximum absolute atomic E-state index is 14.6. The lowest BCUT2D eigenvalue weighted by atomic mass is 9.89. The Labute approximate surface area is 370 Å². The van der Waals surface area contributed by atoms with E-state index in [1.54, 1.807) is 30.9 Å². The van der Waals surface area contributed by atoms with Crippen molar-refractivity contribution < 1.29 is 38.6 Å². The number of nitrogens with one attached hydrogen (secondary N) is 3. The number of ether oxygens (including phenoxy) is 2. The lowest BCUT2D eigenvalue weighted by molar-refractivity contribution is -0.148. The fourth-order valence-electron chi connectivity index (χ4n) is 8.93. The molecular formula is C48H76N6O8. The van der Waals surface area contributed by atoms with Gasteiger partial charge in [0.05, 0.1) is 42.7 Å². The number of likely N-dealkylation sites (N-methyl/N-ethyl adjacent to an activating group) is 2. The molecule has 1 heterocycles. The Hall–Kier alpha value is -4.53. The number of carbonyl (C=O) groups excluding carboxylic acids is 4. The van der Waals surface area contributed by atoms with E-state index >= 15 is 0 Å². The van der Waals surface area contributed by atoms with Gasteiger partial charge < -0.3 is 40.3 Å².